The number of fused-ring (bicyclic) bond motifs is 2. The van der Waals surface area contributed by atoms with Gasteiger partial charge in [0, 0.05) is 53.3 Å². The normalized spacial score (nSPS) is 15.4. The van der Waals surface area contributed by atoms with Crippen LogP contribution in [-0.2, 0) is 19.5 Å². The molecule has 0 spiro atoms. The Morgan fingerprint density at radius 1 is 1.11 bits per heavy atom. The van der Waals surface area contributed by atoms with Gasteiger partial charge in [-0.05, 0) is 72.7 Å². The number of hydrogen-bond acceptors (Lipinski definition) is 4. The van der Waals surface area contributed by atoms with Crippen molar-refractivity contribution >= 4 is 27.3 Å². The number of aromatic nitrogens is 2. The molecule has 1 amide bonds. The van der Waals surface area contributed by atoms with Crippen LogP contribution in [0, 0.1) is 19.8 Å². The van der Waals surface area contributed by atoms with Crippen molar-refractivity contribution in [2.75, 3.05) is 6.54 Å². The second-order valence-electron chi connectivity index (χ2n) is 9.85. The largest absolute Gasteiger partial charge is 0.334 e. The summed E-state index contributed by atoms with van der Waals surface area (Å²) in [7, 11) is 0. The maximum absolute atomic E-state index is 13.8. The molecule has 35 heavy (non-hydrogen) atoms. The number of amides is 1. The second-order valence-corrected chi connectivity index (χ2v) is 10.8. The molecule has 0 saturated heterocycles. The highest BCUT2D eigenvalue weighted by Crippen LogP contribution is 2.35. The van der Waals surface area contributed by atoms with Crippen LogP contribution in [0.1, 0.15) is 45.7 Å². The third-order valence-electron chi connectivity index (χ3n) is 7.24. The van der Waals surface area contributed by atoms with Gasteiger partial charge in [-0.15, -0.1) is 11.3 Å². The Bertz CT molecular complexity index is 1610. The number of pyridine rings is 2. The van der Waals surface area contributed by atoms with E-state index in [2.05, 4.69) is 22.5 Å². The average Bonchev–Trinajstić information content (AvgIpc) is 3.52. The molecule has 1 fully saturated rings. The van der Waals surface area contributed by atoms with Gasteiger partial charge in [0.2, 0.25) is 0 Å². The zero-order valence-corrected chi connectivity index (χ0v) is 20.7. The van der Waals surface area contributed by atoms with Crippen molar-refractivity contribution in [2.45, 2.75) is 46.2 Å². The van der Waals surface area contributed by atoms with Crippen LogP contribution in [0.5, 0.6) is 0 Å². The van der Waals surface area contributed by atoms with E-state index in [0.29, 0.717) is 36.6 Å². The van der Waals surface area contributed by atoms with E-state index in [0.717, 1.165) is 52.0 Å². The van der Waals surface area contributed by atoms with Gasteiger partial charge in [-0.25, -0.2) is 0 Å². The van der Waals surface area contributed by atoms with Crippen molar-refractivity contribution in [2.24, 2.45) is 5.92 Å². The molecule has 0 unspecified atom stereocenters. The third kappa shape index (κ3) is 3.84. The zero-order valence-electron chi connectivity index (χ0n) is 19.9. The quantitative estimate of drug-likeness (QED) is 0.457. The first-order valence-corrected chi connectivity index (χ1v) is 13.0. The van der Waals surface area contributed by atoms with Crippen LogP contribution in [0.25, 0.3) is 21.2 Å². The van der Waals surface area contributed by atoms with Crippen LogP contribution in [0.2, 0.25) is 0 Å². The summed E-state index contributed by atoms with van der Waals surface area (Å²) in [6.45, 7) is 5.23. The van der Waals surface area contributed by atoms with E-state index in [-0.39, 0.29) is 22.6 Å². The Balaban J connectivity index is 1.45. The number of aromatic amines is 1. The van der Waals surface area contributed by atoms with E-state index >= 15 is 0 Å². The number of H-pyrrole nitrogens is 1. The molecule has 3 aromatic heterocycles. The highest BCUT2D eigenvalue weighted by atomic mass is 32.1. The van der Waals surface area contributed by atoms with Crippen LogP contribution < -0.4 is 11.1 Å². The number of carbonyl (C=O) groups is 1. The number of nitrogens with one attached hydrogen (secondary N) is 1. The van der Waals surface area contributed by atoms with Crippen molar-refractivity contribution < 1.29 is 4.79 Å². The summed E-state index contributed by atoms with van der Waals surface area (Å²) in [5.74, 6) is 0.300. The molecule has 6 nitrogen and oxygen atoms in total. The van der Waals surface area contributed by atoms with Gasteiger partial charge in [-0.2, -0.15) is 0 Å². The minimum absolute atomic E-state index is 0.0575. The molecule has 6 rings (SSSR count). The Morgan fingerprint density at radius 2 is 1.94 bits per heavy atom. The number of rotatable bonds is 4. The lowest BCUT2D eigenvalue weighted by atomic mass is 9.97. The van der Waals surface area contributed by atoms with E-state index in [1.54, 1.807) is 23.2 Å². The van der Waals surface area contributed by atoms with E-state index < -0.39 is 0 Å². The lowest BCUT2D eigenvalue weighted by Crippen LogP contribution is -2.41. The molecule has 4 heterocycles. The first-order chi connectivity index (χ1) is 16.9. The van der Waals surface area contributed by atoms with Crippen molar-refractivity contribution in [3.8, 4) is 11.1 Å². The molecule has 1 aromatic carbocycles. The summed E-state index contributed by atoms with van der Waals surface area (Å²) in [5.41, 5.74) is 5.01. The van der Waals surface area contributed by atoms with Crippen molar-refractivity contribution in [3.05, 3.63) is 90.6 Å². The molecule has 2 aliphatic rings. The highest BCUT2D eigenvalue weighted by molar-refractivity contribution is 7.17. The number of benzene rings is 1. The molecular weight excluding hydrogens is 458 g/mol. The topological polar surface area (TPSA) is 75.2 Å². The van der Waals surface area contributed by atoms with Crippen molar-refractivity contribution in [3.63, 3.8) is 0 Å². The van der Waals surface area contributed by atoms with Crippen molar-refractivity contribution in [1.29, 1.82) is 0 Å². The monoisotopic (exact) mass is 485 g/mol. The first-order valence-electron chi connectivity index (χ1n) is 12.1. The van der Waals surface area contributed by atoms with E-state index in [1.165, 1.54) is 0 Å². The number of aryl methyl sites for hydroxylation is 2. The van der Waals surface area contributed by atoms with E-state index in [4.69, 9.17) is 0 Å². The summed E-state index contributed by atoms with van der Waals surface area (Å²) < 4.78 is 3.08. The van der Waals surface area contributed by atoms with E-state index in [1.807, 2.05) is 35.8 Å². The molecule has 1 saturated carbocycles. The molecule has 1 aliphatic carbocycles. The van der Waals surface area contributed by atoms with Gasteiger partial charge in [0.1, 0.15) is 5.56 Å². The first kappa shape index (κ1) is 22.0. The Hall–Kier alpha value is -3.45. The summed E-state index contributed by atoms with van der Waals surface area (Å²) in [4.78, 5) is 44.3. The fraction of sp³-hybridized carbons (Fsp3) is 0.321. The average molecular weight is 486 g/mol. The number of thiophene rings is 1. The molecule has 7 heteroatoms. The van der Waals surface area contributed by atoms with Gasteiger partial charge in [0.05, 0.1) is 0 Å². The smallest absolute Gasteiger partial charge is 0.261 e. The lowest BCUT2D eigenvalue weighted by molar-refractivity contribution is 0.0729. The maximum atomic E-state index is 13.8. The second kappa shape index (κ2) is 8.34. The fourth-order valence-electron chi connectivity index (χ4n) is 5.32. The van der Waals surface area contributed by atoms with Crippen molar-refractivity contribution in [1.82, 2.24) is 14.5 Å². The van der Waals surface area contributed by atoms with Crippen LogP contribution in [-0.4, -0.2) is 26.9 Å². The Labute approximate surface area is 206 Å². The molecule has 178 valence electrons. The zero-order chi connectivity index (χ0) is 24.3. The van der Waals surface area contributed by atoms with Gasteiger partial charge in [0.15, 0.2) is 0 Å². The fourth-order valence-corrected chi connectivity index (χ4v) is 6.25. The van der Waals surface area contributed by atoms with Gasteiger partial charge >= 0.3 is 0 Å². The van der Waals surface area contributed by atoms with Gasteiger partial charge in [0.25, 0.3) is 17.0 Å². The number of hydrogen-bond donors (Lipinski definition) is 1. The van der Waals surface area contributed by atoms with Gasteiger partial charge in [-0.1, -0.05) is 18.2 Å². The van der Waals surface area contributed by atoms with Gasteiger partial charge in [-0.3, -0.25) is 14.4 Å². The van der Waals surface area contributed by atoms with Crippen LogP contribution in [0.15, 0.2) is 51.4 Å². The minimum atomic E-state index is -0.345. The summed E-state index contributed by atoms with van der Waals surface area (Å²) >= 11 is 1.64. The van der Waals surface area contributed by atoms with Gasteiger partial charge < -0.3 is 14.5 Å². The summed E-state index contributed by atoms with van der Waals surface area (Å²) in [6.07, 6.45) is 2.92. The van der Waals surface area contributed by atoms with E-state index in [9.17, 15) is 14.4 Å². The molecule has 1 N–H and O–H groups in total. The summed E-state index contributed by atoms with van der Waals surface area (Å²) in [6, 6.07) is 12.0. The Morgan fingerprint density at radius 3 is 2.71 bits per heavy atom. The molecule has 0 bridgehead atoms. The number of nitrogens with zero attached hydrogens (tertiary/aromatic N) is 2. The molecule has 4 aromatic rings. The lowest BCUT2D eigenvalue weighted by Gasteiger charge is -2.31. The molecule has 0 radical (unpaired) electrons. The van der Waals surface area contributed by atoms with Crippen LogP contribution >= 0.6 is 11.3 Å². The predicted octanol–water partition coefficient (Wildman–Crippen LogP) is 4.64. The standard InChI is InChI=1S/C28H27N3O3S/c1-16-12-17(2)29-26(32)24(16)28(34)30-10-8-23-20(15-30)13-22(27(33)31(23)14-18-6-7-18)21-5-3-4-19-9-11-35-25(19)21/h3-5,9,11-13,18H,6-8,10,14-15H2,1-2H3,(H,29,32). The molecule has 0 atom stereocenters. The van der Waals surface area contributed by atoms with Crippen LogP contribution in [0.3, 0.4) is 0 Å². The molecular formula is C28H27N3O3S. The third-order valence-corrected chi connectivity index (χ3v) is 8.21. The molecule has 1 aliphatic heterocycles. The summed E-state index contributed by atoms with van der Waals surface area (Å²) in [5, 5.41) is 3.18. The SMILES string of the molecule is Cc1cc(C)c(C(=O)N2CCc3c(cc(-c4cccc5ccsc45)c(=O)n3CC3CC3)C2)c(=O)[nH]1. The van der Waals surface area contributed by atoms with Crippen LogP contribution in [0.4, 0.5) is 0 Å². The maximum Gasteiger partial charge on any atom is 0.261 e. The number of carbonyl (C=O) groups excluding carboxylic acids is 1. The predicted molar refractivity (Wildman–Crippen MR) is 139 cm³/mol. The Kier molecular flexibility index (Phi) is 5.25. The minimum Gasteiger partial charge on any atom is -0.334 e. The highest BCUT2D eigenvalue weighted by Gasteiger charge is 2.30.